The predicted octanol–water partition coefficient (Wildman–Crippen LogP) is 0.312. The van der Waals surface area contributed by atoms with Crippen molar-refractivity contribution in [3.8, 4) is 0 Å². The second kappa shape index (κ2) is 8.82. The van der Waals surface area contributed by atoms with Gasteiger partial charge in [-0.05, 0) is 26.7 Å². The van der Waals surface area contributed by atoms with Crippen molar-refractivity contribution < 1.29 is 13.2 Å². The number of rotatable bonds is 7. The lowest BCUT2D eigenvalue weighted by Gasteiger charge is -2.28. The van der Waals surface area contributed by atoms with Gasteiger partial charge in [0.05, 0.1) is 19.8 Å². The number of aryl methyl sites for hydroxylation is 2. The highest BCUT2D eigenvalue weighted by atomic mass is 32.2. The number of nitrogens with zero attached hydrogens (tertiary/aromatic N) is 7. The fourth-order valence-corrected chi connectivity index (χ4v) is 4.59. The minimum absolute atomic E-state index is 0.00377. The third-order valence-electron chi connectivity index (χ3n) is 5.33. The Kier molecular flexibility index (Phi) is 6.16. The molecule has 30 heavy (non-hydrogen) atoms. The number of hydrogen-bond acceptors (Lipinski definition) is 9. The summed E-state index contributed by atoms with van der Waals surface area (Å²) in [5.74, 6) is 2.22. The number of nitrogens with one attached hydrogen (secondary N) is 1. The summed E-state index contributed by atoms with van der Waals surface area (Å²) in [6.45, 7) is 8.77. The molecule has 2 aromatic rings. The van der Waals surface area contributed by atoms with Crippen molar-refractivity contribution in [2.45, 2.75) is 44.8 Å². The Bertz CT molecular complexity index is 981. The maximum Gasteiger partial charge on any atom is 0.260 e. The van der Waals surface area contributed by atoms with Crippen LogP contribution < -0.4 is 14.5 Å². The van der Waals surface area contributed by atoms with Gasteiger partial charge in [0.25, 0.3) is 10.0 Å². The molecular formula is C18H28N8O3S. The van der Waals surface area contributed by atoms with Crippen LogP contribution >= 0.6 is 0 Å². The molecule has 4 rings (SSSR count). The van der Waals surface area contributed by atoms with Gasteiger partial charge in [-0.2, -0.15) is 15.0 Å². The molecular weight excluding hydrogens is 408 g/mol. The Morgan fingerprint density at radius 3 is 2.23 bits per heavy atom. The summed E-state index contributed by atoms with van der Waals surface area (Å²) < 4.78 is 35.2. The highest BCUT2D eigenvalue weighted by Crippen LogP contribution is 2.20. The summed E-state index contributed by atoms with van der Waals surface area (Å²) in [5, 5.41) is 0.00377. The summed E-state index contributed by atoms with van der Waals surface area (Å²) in [6.07, 6.45) is 3.74. The van der Waals surface area contributed by atoms with Gasteiger partial charge in [0.15, 0.2) is 10.9 Å². The van der Waals surface area contributed by atoms with Crippen LogP contribution in [0, 0.1) is 6.92 Å². The second-order valence-corrected chi connectivity index (χ2v) is 9.10. The van der Waals surface area contributed by atoms with Gasteiger partial charge < -0.3 is 19.1 Å². The van der Waals surface area contributed by atoms with Gasteiger partial charge in [0.1, 0.15) is 5.82 Å². The third kappa shape index (κ3) is 4.55. The van der Waals surface area contributed by atoms with Crippen LogP contribution in [0.1, 0.15) is 31.4 Å². The largest absolute Gasteiger partial charge is 0.378 e. The van der Waals surface area contributed by atoms with Crippen LogP contribution in [0.15, 0.2) is 11.2 Å². The smallest absolute Gasteiger partial charge is 0.260 e. The van der Waals surface area contributed by atoms with Crippen molar-refractivity contribution >= 4 is 21.9 Å². The molecule has 1 N–H and O–H groups in total. The van der Waals surface area contributed by atoms with Gasteiger partial charge in [-0.1, -0.05) is 0 Å². The topological polar surface area (TPSA) is 118 Å². The molecule has 0 radical (unpaired) electrons. The van der Waals surface area contributed by atoms with Crippen LogP contribution in [-0.4, -0.2) is 72.3 Å². The molecule has 0 amide bonds. The van der Waals surface area contributed by atoms with Crippen molar-refractivity contribution in [2.24, 2.45) is 0 Å². The van der Waals surface area contributed by atoms with Gasteiger partial charge in [-0.3, -0.25) is 0 Å². The van der Waals surface area contributed by atoms with Crippen molar-refractivity contribution in [1.29, 1.82) is 0 Å². The van der Waals surface area contributed by atoms with Crippen molar-refractivity contribution in [1.82, 2.24) is 29.2 Å². The van der Waals surface area contributed by atoms with E-state index in [2.05, 4.69) is 34.5 Å². The molecule has 2 aliphatic heterocycles. The highest BCUT2D eigenvalue weighted by molar-refractivity contribution is 7.89. The lowest BCUT2D eigenvalue weighted by Crippen LogP contribution is -2.38. The van der Waals surface area contributed by atoms with E-state index >= 15 is 0 Å². The van der Waals surface area contributed by atoms with Crippen LogP contribution in [0.3, 0.4) is 0 Å². The normalized spacial score (nSPS) is 17.7. The quantitative estimate of drug-likeness (QED) is 0.654. The fraction of sp³-hybridized carbons (Fsp3) is 0.667. The molecule has 0 saturated carbocycles. The second-order valence-electron chi connectivity index (χ2n) is 7.38. The number of morpholine rings is 1. The maximum absolute atomic E-state index is 12.7. The third-order valence-corrected chi connectivity index (χ3v) is 6.60. The van der Waals surface area contributed by atoms with E-state index in [-0.39, 0.29) is 11.6 Å². The number of imidazole rings is 1. The molecule has 0 aliphatic carbocycles. The predicted molar refractivity (Wildman–Crippen MR) is 111 cm³/mol. The van der Waals surface area contributed by atoms with E-state index in [1.807, 2.05) is 6.92 Å². The van der Waals surface area contributed by atoms with Gasteiger partial charge in [-0.15, -0.1) is 0 Å². The number of aromatic nitrogens is 5. The van der Waals surface area contributed by atoms with Crippen molar-refractivity contribution in [2.75, 3.05) is 49.2 Å². The lowest BCUT2D eigenvalue weighted by molar-refractivity contribution is 0.122. The zero-order chi connectivity index (χ0) is 21.1. The Morgan fingerprint density at radius 2 is 1.63 bits per heavy atom. The van der Waals surface area contributed by atoms with E-state index in [1.165, 1.54) is 0 Å². The van der Waals surface area contributed by atoms with Gasteiger partial charge in [0, 0.05) is 38.9 Å². The molecule has 0 bridgehead atoms. The summed E-state index contributed by atoms with van der Waals surface area (Å²) in [4.78, 5) is 22.1. The van der Waals surface area contributed by atoms with E-state index < -0.39 is 10.0 Å². The lowest BCUT2D eigenvalue weighted by atomic mass is 10.4. The van der Waals surface area contributed by atoms with Crippen LogP contribution in [-0.2, 0) is 27.8 Å². The Labute approximate surface area is 176 Å². The molecule has 0 unspecified atom stereocenters. The number of hydrogen-bond donors (Lipinski definition) is 1. The monoisotopic (exact) mass is 436 g/mol. The molecule has 164 valence electrons. The molecule has 2 aliphatic rings. The Hall–Kier alpha value is -2.31. The molecule has 0 aromatic carbocycles. The number of anilines is 2. The SMILES string of the molecule is CCn1cc(S(=O)(=O)NCc2nc(N3CCCC3)nc(N3CCOCC3)n2)nc1C. The number of ether oxygens (including phenoxy) is 1. The van der Waals surface area contributed by atoms with Crippen LogP contribution in [0.25, 0.3) is 0 Å². The molecule has 2 fully saturated rings. The first-order valence-corrected chi connectivity index (χ1v) is 11.8. The van der Waals surface area contributed by atoms with E-state index in [1.54, 1.807) is 17.7 Å². The van der Waals surface area contributed by atoms with Crippen LogP contribution in [0.5, 0.6) is 0 Å². The van der Waals surface area contributed by atoms with Gasteiger partial charge in [0.2, 0.25) is 11.9 Å². The molecule has 11 nitrogen and oxygen atoms in total. The number of sulfonamides is 1. The van der Waals surface area contributed by atoms with Gasteiger partial charge >= 0.3 is 0 Å². The highest BCUT2D eigenvalue weighted by Gasteiger charge is 2.23. The maximum atomic E-state index is 12.7. The summed E-state index contributed by atoms with van der Waals surface area (Å²) in [7, 11) is -3.77. The zero-order valence-corrected chi connectivity index (χ0v) is 18.2. The first-order chi connectivity index (χ1) is 14.5. The van der Waals surface area contributed by atoms with Crippen molar-refractivity contribution in [3.05, 3.63) is 17.8 Å². The first kappa shape index (κ1) is 20.9. The molecule has 12 heteroatoms. The molecule has 4 heterocycles. The van der Waals surface area contributed by atoms with Gasteiger partial charge in [-0.25, -0.2) is 18.1 Å². The van der Waals surface area contributed by atoms with E-state index in [0.717, 1.165) is 25.9 Å². The van der Waals surface area contributed by atoms with Crippen molar-refractivity contribution in [3.63, 3.8) is 0 Å². The Balaban J connectivity index is 1.56. The minimum Gasteiger partial charge on any atom is -0.378 e. The molecule has 2 aromatic heterocycles. The average molecular weight is 437 g/mol. The summed E-state index contributed by atoms with van der Waals surface area (Å²) in [5.41, 5.74) is 0. The van der Waals surface area contributed by atoms with Crippen LogP contribution in [0.2, 0.25) is 0 Å². The summed E-state index contributed by atoms with van der Waals surface area (Å²) >= 11 is 0. The first-order valence-electron chi connectivity index (χ1n) is 10.3. The van der Waals surface area contributed by atoms with E-state index in [9.17, 15) is 8.42 Å². The molecule has 2 saturated heterocycles. The standard InChI is InChI=1S/C18H28N8O3S/c1-3-24-13-16(20-14(24)2)30(27,28)19-12-15-21-17(25-6-4-5-7-25)23-18(22-15)26-8-10-29-11-9-26/h13,19H,3-12H2,1-2H3. The molecule has 0 atom stereocenters. The molecule has 0 spiro atoms. The average Bonchev–Trinajstić information content (AvgIpc) is 3.43. The van der Waals surface area contributed by atoms with E-state index in [4.69, 9.17) is 4.74 Å². The Morgan fingerprint density at radius 1 is 1.00 bits per heavy atom. The zero-order valence-electron chi connectivity index (χ0n) is 17.4. The fourth-order valence-electron chi connectivity index (χ4n) is 3.60. The van der Waals surface area contributed by atoms with Crippen LogP contribution in [0.4, 0.5) is 11.9 Å². The summed E-state index contributed by atoms with van der Waals surface area (Å²) in [6, 6.07) is 0. The van der Waals surface area contributed by atoms with E-state index in [0.29, 0.717) is 56.4 Å². The minimum atomic E-state index is -3.77.